The van der Waals surface area contributed by atoms with E-state index >= 15 is 0 Å². The van der Waals surface area contributed by atoms with Gasteiger partial charge < -0.3 is 0 Å². The Bertz CT molecular complexity index is 766. The summed E-state index contributed by atoms with van der Waals surface area (Å²) in [5.41, 5.74) is 3.20. The third-order valence-corrected chi connectivity index (χ3v) is 5.00. The lowest BCUT2D eigenvalue weighted by molar-refractivity contribution is 0.806. The van der Waals surface area contributed by atoms with Crippen LogP contribution in [-0.2, 0) is 6.42 Å². The minimum absolute atomic E-state index is 0.0531. The normalized spacial score (nSPS) is 11.0. The molecule has 0 radical (unpaired) electrons. The van der Waals surface area contributed by atoms with Gasteiger partial charge in [0.1, 0.15) is 0 Å². The van der Waals surface area contributed by atoms with Crippen LogP contribution in [-0.4, -0.2) is 0 Å². The Kier molecular flexibility index (Phi) is 5.27. The highest BCUT2D eigenvalue weighted by Gasteiger charge is 2.20. The van der Waals surface area contributed by atoms with Gasteiger partial charge in [0.05, 0.1) is 0 Å². The standard InChI is InChI=1S/C20H15Cl3/c21-18-10-4-1-7-14(18)13-17(15-8-2-5-11-19(15)22)16-9-3-6-12-20(16)23/h1-12,17H,13H2. The van der Waals surface area contributed by atoms with Gasteiger partial charge in [-0.1, -0.05) is 89.4 Å². The molecule has 0 saturated carbocycles. The third kappa shape index (κ3) is 3.72. The molecule has 0 heterocycles. The van der Waals surface area contributed by atoms with E-state index in [4.69, 9.17) is 34.8 Å². The van der Waals surface area contributed by atoms with Crippen LogP contribution in [0.1, 0.15) is 22.6 Å². The first kappa shape index (κ1) is 16.4. The van der Waals surface area contributed by atoms with Crippen molar-refractivity contribution in [2.45, 2.75) is 12.3 Å². The summed E-state index contributed by atoms with van der Waals surface area (Å²) in [6, 6.07) is 23.7. The third-order valence-electron chi connectivity index (χ3n) is 3.94. The fourth-order valence-corrected chi connectivity index (χ4v) is 3.53. The van der Waals surface area contributed by atoms with Crippen molar-refractivity contribution in [2.75, 3.05) is 0 Å². The lowest BCUT2D eigenvalue weighted by Crippen LogP contribution is -2.07. The second-order valence-electron chi connectivity index (χ2n) is 5.39. The largest absolute Gasteiger partial charge is 0.0840 e. The molecule has 3 aromatic rings. The smallest absolute Gasteiger partial charge is 0.0444 e. The van der Waals surface area contributed by atoms with Gasteiger partial charge in [-0.25, -0.2) is 0 Å². The zero-order chi connectivity index (χ0) is 16.2. The van der Waals surface area contributed by atoms with Crippen LogP contribution in [0.4, 0.5) is 0 Å². The van der Waals surface area contributed by atoms with Crippen LogP contribution >= 0.6 is 34.8 Å². The molecule has 23 heavy (non-hydrogen) atoms. The molecular weight excluding hydrogens is 347 g/mol. The molecule has 3 rings (SSSR count). The van der Waals surface area contributed by atoms with E-state index in [1.165, 1.54) is 0 Å². The van der Waals surface area contributed by atoms with Crippen molar-refractivity contribution in [1.29, 1.82) is 0 Å². The fourth-order valence-electron chi connectivity index (χ4n) is 2.79. The van der Waals surface area contributed by atoms with Crippen LogP contribution in [0.15, 0.2) is 72.8 Å². The maximum Gasteiger partial charge on any atom is 0.0444 e. The predicted octanol–water partition coefficient (Wildman–Crippen LogP) is 7.02. The quantitative estimate of drug-likeness (QED) is 0.468. The zero-order valence-corrected chi connectivity index (χ0v) is 14.6. The molecule has 0 fully saturated rings. The molecule has 0 spiro atoms. The maximum atomic E-state index is 6.45. The molecule has 0 amide bonds. The Labute approximate surface area is 151 Å². The van der Waals surface area contributed by atoms with Gasteiger partial charge in [0, 0.05) is 21.0 Å². The summed E-state index contributed by atoms with van der Waals surface area (Å²) in [5, 5.41) is 2.24. The number of benzene rings is 3. The Morgan fingerprint density at radius 2 is 1.00 bits per heavy atom. The lowest BCUT2D eigenvalue weighted by Gasteiger charge is -2.21. The molecular formula is C20H15Cl3. The van der Waals surface area contributed by atoms with Gasteiger partial charge in [-0.15, -0.1) is 0 Å². The molecule has 3 aromatic carbocycles. The van der Waals surface area contributed by atoms with Gasteiger partial charge >= 0.3 is 0 Å². The Morgan fingerprint density at radius 1 is 0.565 bits per heavy atom. The van der Waals surface area contributed by atoms with E-state index in [-0.39, 0.29) is 5.92 Å². The van der Waals surface area contributed by atoms with Gasteiger partial charge in [0.15, 0.2) is 0 Å². The van der Waals surface area contributed by atoms with E-state index in [1.807, 2.05) is 72.8 Å². The molecule has 116 valence electrons. The summed E-state index contributed by atoms with van der Waals surface area (Å²) >= 11 is 19.3. The highest BCUT2D eigenvalue weighted by Crippen LogP contribution is 2.37. The first-order valence-corrected chi connectivity index (χ1v) is 8.52. The van der Waals surface area contributed by atoms with Crippen LogP contribution in [0.25, 0.3) is 0 Å². The van der Waals surface area contributed by atoms with Crippen molar-refractivity contribution in [3.8, 4) is 0 Å². The number of halogens is 3. The summed E-state index contributed by atoms with van der Waals surface area (Å²) in [6.07, 6.45) is 0.743. The number of rotatable bonds is 4. The molecule has 0 aliphatic carbocycles. The second-order valence-corrected chi connectivity index (χ2v) is 6.61. The summed E-state index contributed by atoms with van der Waals surface area (Å²) in [6.45, 7) is 0. The van der Waals surface area contributed by atoms with Crippen molar-refractivity contribution < 1.29 is 0 Å². The molecule has 3 heteroatoms. The summed E-state index contributed by atoms with van der Waals surface area (Å²) in [4.78, 5) is 0. The predicted molar refractivity (Wildman–Crippen MR) is 99.9 cm³/mol. The first-order chi connectivity index (χ1) is 11.2. The summed E-state index contributed by atoms with van der Waals surface area (Å²) in [5.74, 6) is 0.0531. The highest BCUT2D eigenvalue weighted by atomic mass is 35.5. The van der Waals surface area contributed by atoms with Gasteiger partial charge in [-0.2, -0.15) is 0 Å². The van der Waals surface area contributed by atoms with Crippen molar-refractivity contribution in [3.05, 3.63) is 105 Å². The molecule has 0 N–H and O–H groups in total. The Hall–Kier alpha value is -1.47. The van der Waals surface area contributed by atoms with Crippen LogP contribution in [0.2, 0.25) is 15.1 Å². The van der Waals surface area contributed by atoms with Crippen LogP contribution < -0.4 is 0 Å². The highest BCUT2D eigenvalue weighted by molar-refractivity contribution is 6.32. The molecule has 0 aromatic heterocycles. The van der Waals surface area contributed by atoms with Gasteiger partial charge in [-0.3, -0.25) is 0 Å². The number of hydrogen-bond acceptors (Lipinski definition) is 0. The van der Waals surface area contributed by atoms with Crippen LogP contribution in [0.5, 0.6) is 0 Å². The SMILES string of the molecule is Clc1ccccc1CC(c1ccccc1Cl)c1ccccc1Cl. The summed E-state index contributed by atoms with van der Waals surface area (Å²) in [7, 11) is 0. The molecule has 0 aliphatic heterocycles. The molecule has 0 unspecified atom stereocenters. The van der Waals surface area contributed by atoms with Crippen molar-refractivity contribution >= 4 is 34.8 Å². The molecule has 0 atom stereocenters. The average molecular weight is 362 g/mol. The van der Waals surface area contributed by atoms with E-state index in [9.17, 15) is 0 Å². The van der Waals surface area contributed by atoms with E-state index in [0.29, 0.717) is 0 Å². The van der Waals surface area contributed by atoms with Gasteiger partial charge in [0.2, 0.25) is 0 Å². The first-order valence-electron chi connectivity index (χ1n) is 7.39. The zero-order valence-electron chi connectivity index (χ0n) is 12.3. The molecule has 0 aliphatic rings. The lowest BCUT2D eigenvalue weighted by atomic mass is 9.86. The summed E-state index contributed by atoms with van der Waals surface area (Å²) < 4.78 is 0. The minimum Gasteiger partial charge on any atom is -0.0840 e. The van der Waals surface area contributed by atoms with E-state index < -0.39 is 0 Å². The monoisotopic (exact) mass is 360 g/mol. The van der Waals surface area contributed by atoms with Crippen LogP contribution in [0, 0.1) is 0 Å². The van der Waals surface area contributed by atoms with Gasteiger partial charge in [0.25, 0.3) is 0 Å². The van der Waals surface area contributed by atoms with E-state index in [0.717, 1.165) is 38.2 Å². The number of hydrogen-bond donors (Lipinski definition) is 0. The topological polar surface area (TPSA) is 0 Å². The molecule has 0 nitrogen and oxygen atoms in total. The fraction of sp³-hybridized carbons (Fsp3) is 0.100. The van der Waals surface area contributed by atoms with Crippen molar-refractivity contribution in [3.63, 3.8) is 0 Å². The average Bonchev–Trinajstić information content (AvgIpc) is 2.56. The minimum atomic E-state index is 0.0531. The molecule has 0 bridgehead atoms. The van der Waals surface area contributed by atoms with Crippen molar-refractivity contribution in [1.82, 2.24) is 0 Å². The molecule has 0 saturated heterocycles. The van der Waals surface area contributed by atoms with E-state index in [2.05, 4.69) is 0 Å². The Balaban J connectivity index is 2.10. The van der Waals surface area contributed by atoms with Gasteiger partial charge in [-0.05, 0) is 41.3 Å². The van der Waals surface area contributed by atoms with Crippen LogP contribution in [0.3, 0.4) is 0 Å². The van der Waals surface area contributed by atoms with Crippen molar-refractivity contribution in [2.24, 2.45) is 0 Å². The maximum absolute atomic E-state index is 6.45. The Morgan fingerprint density at radius 3 is 1.48 bits per heavy atom. The second kappa shape index (κ2) is 7.40. The van der Waals surface area contributed by atoms with E-state index in [1.54, 1.807) is 0 Å².